The number of primary amides is 1. The van der Waals surface area contributed by atoms with Crippen molar-refractivity contribution in [1.29, 1.82) is 0 Å². The third kappa shape index (κ3) is 3.74. The van der Waals surface area contributed by atoms with Crippen LogP contribution >= 0.6 is 12.4 Å². The average Bonchev–Trinajstić information content (AvgIpc) is 2.46. The third-order valence-corrected chi connectivity index (χ3v) is 4.37. The molecule has 0 aliphatic heterocycles. The van der Waals surface area contributed by atoms with Crippen molar-refractivity contribution in [3.63, 3.8) is 0 Å². The molecule has 1 amide bonds. The molecule has 1 aromatic rings. The maximum atomic E-state index is 11.9. The summed E-state index contributed by atoms with van der Waals surface area (Å²) in [7, 11) is 1.70. The second-order valence-corrected chi connectivity index (χ2v) is 5.54. The quantitative estimate of drug-likeness (QED) is 0.902. The van der Waals surface area contributed by atoms with Gasteiger partial charge in [-0.2, -0.15) is 0 Å². The Hall–Kier alpha value is -1.06. The van der Waals surface area contributed by atoms with Crippen LogP contribution in [0.2, 0.25) is 0 Å². The lowest BCUT2D eigenvalue weighted by molar-refractivity contribution is -0.132. The second kappa shape index (κ2) is 7.65. The number of amides is 1. The first kappa shape index (κ1) is 17.0. The highest BCUT2D eigenvalue weighted by Gasteiger charge is 2.40. The molecule has 1 fully saturated rings. The van der Waals surface area contributed by atoms with Crippen LogP contribution in [-0.2, 0) is 9.53 Å². The van der Waals surface area contributed by atoms with Gasteiger partial charge in [-0.3, -0.25) is 4.79 Å². The molecular formula is C16H24ClNO2. The Morgan fingerprint density at radius 2 is 1.85 bits per heavy atom. The van der Waals surface area contributed by atoms with Gasteiger partial charge in [-0.05, 0) is 24.8 Å². The molecule has 1 atom stereocenters. The van der Waals surface area contributed by atoms with Gasteiger partial charge in [-0.25, -0.2) is 0 Å². The highest BCUT2D eigenvalue weighted by atomic mass is 35.5. The molecular weight excluding hydrogens is 274 g/mol. The molecule has 1 unspecified atom stereocenters. The normalized spacial score (nSPS) is 18.9. The average molecular weight is 298 g/mol. The standard InChI is InChI=1S/C16H23NO2.ClH/c1-19-14(13-8-4-2-5-9-13)12-16(15(17)18)10-6-3-7-11-16;/h2,4-5,8-9,14H,3,6-7,10-12H2,1H3,(H2,17,18);1H. The van der Waals surface area contributed by atoms with E-state index in [1.54, 1.807) is 7.11 Å². The molecule has 1 aliphatic rings. The van der Waals surface area contributed by atoms with Gasteiger partial charge in [-0.1, -0.05) is 49.6 Å². The number of rotatable bonds is 5. The molecule has 2 N–H and O–H groups in total. The number of hydrogen-bond acceptors (Lipinski definition) is 2. The number of carbonyl (C=O) groups excluding carboxylic acids is 1. The number of halogens is 1. The van der Waals surface area contributed by atoms with E-state index < -0.39 is 0 Å². The SMILES string of the molecule is COC(CC1(C(N)=O)CCCCC1)c1ccccc1.Cl. The van der Waals surface area contributed by atoms with Crippen LogP contribution in [0.4, 0.5) is 0 Å². The highest BCUT2D eigenvalue weighted by molar-refractivity contribution is 5.85. The van der Waals surface area contributed by atoms with Crippen LogP contribution < -0.4 is 5.73 Å². The Bertz CT molecular complexity index is 416. The van der Waals surface area contributed by atoms with Crippen LogP contribution in [-0.4, -0.2) is 13.0 Å². The molecule has 1 aromatic carbocycles. The molecule has 1 saturated carbocycles. The van der Waals surface area contributed by atoms with Gasteiger partial charge in [0.15, 0.2) is 0 Å². The zero-order chi connectivity index (χ0) is 13.7. The molecule has 2 rings (SSSR count). The van der Waals surface area contributed by atoms with E-state index in [2.05, 4.69) is 0 Å². The number of methoxy groups -OCH3 is 1. The summed E-state index contributed by atoms with van der Waals surface area (Å²) in [5.41, 5.74) is 6.43. The third-order valence-electron chi connectivity index (χ3n) is 4.37. The minimum absolute atomic E-state index is 0. The number of ether oxygens (including phenoxy) is 1. The van der Waals surface area contributed by atoms with E-state index in [1.165, 1.54) is 6.42 Å². The lowest BCUT2D eigenvalue weighted by Crippen LogP contribution is -2.40. The lowest BCUT2D eigenvalue weighted by Gasteiger charge is -2.36. The van der Waals surface area contributed by atoms with E-state index in [9.17, 15) is 4.79 Å². The molecule has 0 radical (unpaired) electrons. The largest absolute Gasteiger partial charge is 0.377 e. The molecule has 4 heteroatoms. The smallest absolute Gasteiger partial charge is 0.223 e. The number of nitrogens with two attached hydrogens (primary N) is 1. The zero-order valence-electron chi connectivity index (χ0n) is 12.0. The summed E-state index contributed by atoms with van der Waals surface area (Å²) >= 11 is 0. The summed E-state index contributed by atoms with van der Waals surface area (Å²) in [5, 5.41) is 0. The van der Waals surface area contributed by atoms with Crippen molar-refractivity contribution < 1.29 is 9.53 Å². The molecule has 112 valence electrons. The zero-order valence-corrected chi connectivity index (χ0v) is 12.8. The van der Waals surface area contributed by atoms with Crippen molar-refractivity contribution in [1.82, 2.24) is 0 Å². The van der Waals surface area contributed by atoms with Gasteiger partial charge in [0.05, 0.1) is 11.5 Å². The summed E-state index contributed by atoms with van der Waals surface area (Å²) in [4.78, 5) is 11.9. The van der Waals surface area contributed by atoms with Crippen molar-refractivity contribution in [2.45, 2.75) is 44.6 Å². The van der Waals surface area contributed by atoms with Crippen LogP contribution in [0.5, 0.6) is 0 Å². The predicted octanol–water partition coefficient (Wildman–Crippen LogP) is 3.62. The first-order valence-electron chi connectivity index (χ1n) is 7.06. The van der Waals surface area contributed by atoms with E-state index >= 15 is 0 Å². The summed E-state index contributed by atoms with van der Waals surface area (Å²) in [6.45, 7) is 0. The van der Waals surface area contributed by atoms with Crippen LogP contribution in [0, 0.1) is 5.41 Å². The summed E-state index contributed by atoms with van der Waals surface area (Å²) in [5.74, 6) is -0.162. The monoisotopic (exact) mass is 297 g/mol. The summed E-state index contributed by atoms with van der Waals surface area (Å²) < 4.78 is 5.61. The highest BCUT2D eigenvalue weighted by Crippen LogP contribution is 2.43. The Morgan fingerprint density at radius 1 is 1.25 bits per heavy atom. The van der Waals surface area contributed by atoms with E-state index in [0.717, 1.165) is 31.2 Å². The van der Waals surface area contributed by atoms with Gasteiger partial charge < -0.3 is 10.5 Å². The molecule has 3 nitrogen and oxygen atoms in total. The topological polar surface area (TPSA) is 52.3 Å². The lowest BCUT2D eigenvalue weighted by atomic mass is 9.69. The Balaban J connectivity index is 0.00000200. The molecule has 0 heterocycles. The van der Waals surface area contributed by atoms with Crippen molar-refractivity contribution >= 4 is 18.3 Å². The van der Waals surface area contributed by atoms with Gasteiger partial charge in [0.2, 0.25) is 5.91 Å². The van der Waals surface area contributed by atoms with Crippen molar-refractivity contribution in [2.75, 3.05) is 7.11 Å². The molecule has 1 aliphatic carbocycles. The van der Waals surface area contributed by atoms with E-state index in [4.69, 9.17) is 10.5 Å². The number of carbonyl (C=O) groups is 1. The minimum Gasteiger partial charge on any atom is -0.377 e. The van der Waals surface area contributed by atoms with E-state index in [1.807, 2.05) is 30.3 Å². The fourth-order valence-electron chi connectivity index (χ4n) is 3.14. The second-order valence-electron chi connectivity index (χ2n) is 5.54. The maximum absolute atomic E-state index is 11.9. The molecule has 0 aromatic heterocycles. The van der Waals surface area contributed by atoms with Crippen LogP contribution in [0.15, 0.2) is 30.3 Å². The van der Waals surface area contributed by atoms with Gasteiger partial charge in [0.1, 0.15) is 0 Å². The fraction of sp³-hybridized carbons (Fsp3) is 0.562. The Kier molecular flexibility index (Phi) is 6.50. The van der Waals surface area contributed by atoms with Crippen LogP contribution in [0.3, 0.4) is 0 Å². The molecule has 0 saturated heterocycles. The maximum Gasteiger partial charge on any atom is 0.223 e. The fourth-order valence-corrected chi connectivity index (χ4v) is 3.14. The molecule has 20 heavy (non-hydrogen) atoms. The first-order chi connectivity index (χ1) is 9.18. The van der Waals surface area contributed by atoms with Crippen LogP contribution in [0.1, 0.15) is 50.2 Å². The van der Waals surface area contributed by atoms with Crippen LogP contribution in [0.25, 0.3) is 0 Å². The van der Waals surface area contributed by atoms with Crippen molar-refractivity contribution in [2.24, 2.45) is 11.1 Å². The van der Waals surface area contributed by atoms with Crippen molar-refractivity contribution in [3.05, 3.63) is 35.9 Å². The first-order valence-corrected chi connectivity index (χ1v) is 7.06. The minimum atomic E-state index is -0.380. The molecule has 0 spiro atoms. The Morgan fingerprint density at radius 3 is 2.35 bits per heavy atom. The Labute approximate surface area is 127 Å². The summed E-state index contributed by atoms with van der Waals surface area (Å²) in [6.07, 6.45) is 5.83. The van der Waals surface area contributed by atoms with Gasteiger partial charge in [0.25, 0.3) is 0 Å². The summed E-state index contributed by atoms with van der Waals surface area (Å²) in [6, 6.07) is 10.1. The van der Waals surface area contributed by atoms with Gasteiger partial charge in [-0.15, -0.1) is 12.4 Å². The predicted molar refractivity (Wildman–Crippen MR) is 82.8 cm³/mol. The van der Waals surface area contributed by atoms with Gasteiger partial charge in [0, 0.05) is 7.11 Å². The van der Waals surface area contributed by atoms with E-state index in [-0.39, 0.29) is 29.8 Å². The van der Waals surface area contributed by atoms with Gasteiger partial charge >= 0.3 is 0 Å². The number of hydrogen-bond donors (Lipinski definition) is 1. The van der Waals surface area contributed by atoms with E-state index in [0.29, 0.717) is 6.42 Å². The number of benzene rings is 1. The van der Waals surface area contributed by atoms with Crippen molar-refractivity contribution in [3.8, 4) is 0 Å². The molecule has 0 bridgehead atoms.